The lowest BCUT2D eigenvalue weighted by molar-refractivity contribution is 0.501. The maximum atomic E-state index is 4.52. The molecule has 2 unspecified atom stereocenters. The lowest BCUT2D eigenvalue weighted by Gasteiger charge is -2.30. The standard InChI is InChI=1S/C14H21BrN2S2/c1-2-5-16-13(14-10-18-6-7-19-14)8-12-4-3-11(15)9-17-12/h3-4,9,13-14,16H,2,5-8,10H2,1H3. The van der Waals surface area contributed by atoms with Gasteiger partial charge in [-0.25, -0.2) is 0 Å². The molecule has 2 nitrogen and oxygen atoms in total. The van der Waals surface area contributed by atoms with Crippen LogP contribution in [0.4, 0.5) is 0 Å². The first kappa shape index (κ1) is 15.7. The third kappa shape index (κ3) is 5.29. The molecule has 1 N–H and O–H groups in total. The third-order valence-corrected chi connectivity index (χ3v) is 6.55. The Morgan fingerprint density at radius 1 is 1.47 bits per heavy atom. The predicted octanol–water partition coefficient (Wildman–Crippen LogP) is 3.60. The van der Waals surface area contributed by atoms with E-state index >= 15 is 0 Å². The van der Waals surface area contributed by atoms with E-state index in [9.17, 15) is 0 Å². The smallest absolute Gasteiger partial charge is 0.0420 e. The van der Waals surface area contributed by atoms with E-state index in [1.54, 1.807) is 0 Å². The van der Waals surface area contributed by atoms with Crippen LogP contribution >= 0.6 is 39.5 Å². The molecule has 1 aliphatic heterocycles. The minimum atomic E-state index is 0.548. The van der Waals surface area contributed by atoms with Gasteiger partial charge in [-0.3, -0.25) is 4.98 Å². The summed E-state index contributed by atoms with van der Waals surface area (Å²) < 4.78 is 1.05. The molecule has 0 bridgehead atoms. The number of hydrogen-bond donors (Lipinski definition) is 1. The number of aromatic nitrogens is 1. The van der Waals surface area contributed by atoms with Crippen molar-refractivity contribution in [3.05, 3.63) is 28.5 Å². The lowest BCUT2D eigenvalue weighted by Crippen LogP contribution is -2.43. The first-order chi connectivity index (χ1) is 9.29. The van der Waals surface area contributed by atoms with Gasteiger partial charge in [0.15, 0.2) is 0 Å². The van der Waals surface area contributed by atoms with Crippen LogP contribution in [0.25, 0.3) is 0 Å². The van der Waals surface area contributed by atoms with Gasteiger partial charge < -0.3 is 5.32 Å². The number of pyridine rings is 1. The van der Waals surface area contributed by atoms with Crippen molar-refractivity contribution in [2.75, 3.05) is 23.8 Å². The van der Waals surface area contributed by atoms with Crippen molar-refractivity contribution < 1.29 is 0 Å². The van der Waals surface area contributed by atoms with E-state index in [0.29, 0.717) is 6.04 Å². The molecule has 0 aromatic carbocycles. The summed E-state index contributed by atoms with van der Waals surface area (Å²) in [6.07, 6.45) is 4.12. The van der Waals surface area contributed by atoms with E-state index in [1.807, 2.05) is 6.20 Å². The second-order valence-corrected chi connectivity index (χ2v) is 8.13. The summed E-state index contributed by atoms with van der Waals surface area (Å²) in [5, 5.41) is 4.43. The van der Waals surface area contributed by atoms with Crippen LogP contribution in [0.2, 0.25) is 0 Å². The molecule has 1 saturated heterocycles. The molecule has 0 radical (unpaired) electrons. The Bertz CT molecular complexity index is 366. The lowest BCUT2D eigenvalue weighted by atomic mass is 10.1. The normalized spacial score (nSPS) is 21.3. The van der Waals surface area contributed by atoms with E-state index in [2.05, 4.69) is 68.8 Å². The van der Waals surface area contributed by atoms with Gasteiger partial charge in [0.2, 0.25) is 0 Å². The Labute approximate surface area is 133 Å². The third-order valence-electron chi connectivity index (χ3n) is 3.16. The van der Waals surface area contributed by atoms with Gasteiger partial charge in [0, 0.05) is 51.3 Å². The number of rotatable bonds is 6. The molecule has 5 heteroatoms. The summed E-state index contributed by atoms with van der Waals surface area (Å²) in [4.78, 5) is 4.52. The fourth-order valence-electron chi connectivity index (χ4n) is 2.16. The van der Waals surface area contributed by atoms with E-state index < -0.39 is 0 Å². The quantitative estimate of drug-likeness (QED) is 0.837. The van der Waals surface area contributed by atoms with Crippen LogP contribution in [0, 0.1) is 0 Å². The number of nitrogens with zero attached hydrogens (tertiary/aromatic N) is 1. The number of nitrogens with one attached hydrogen (secondary N) is 1. The van der Waals surface area contributed by atoms with Gasteiger partial charge in [-0.15, -0.1) is 0 Å². The Morgan fingerprint density at radius 3 is 3.00 bits per heavy atom. The Morgan fingerprint density at radius 2 is 2.37 bits per heavy atom. The summed E-state index contributed by atoms with van der Waals surface area (Å²) in [7, 11) is 0. The molecular formula is C14H21BrN2S2. The van der Waals surface area contributed by atoms with Crippen LogP contribution < -0.4 is 5.32 Å². The maximum absolute atomic E-state index is 4.52. The molecule has 1 aromatic rings. The molecule has 2 heterocycles. The number of halogens is 1. The average Bonchev–Trinajstić information content (AvgIpc) is 2.46. The van der Waals surface area contributed by atoms with Crippen LogP contribution in [0.15, 0.2) is 22.8 Å². The van der Waals surface area contributed by atoms with Crippen LogP contribution in [0.5, 0.6) is 0 Å². The SMILES string of the molecule is CCCNC(Cc1ccc(Br)cn1)C1CSCCS1. The summed E-state index contributed by atoms with van der Waals surface area (Å²) >= 11 is 7.66. The highest BCUT2D eigenvalue weighted by molar-refractivity contribution is 9.10. The van der Waals surface area contributed by atoms with Gasteiger partial charge in [-0.05, 0) is 41.0 Å². The van der Waals surface area contributed by atoms with Crippen molar-refractivity contribution >= 4 is 39.5 Å². The average molecular weight is 361 g/mol. The Balaban J connectivity index is 1.97. The Kier molecular flexibility index (Phi) is 7.05. The van der Waals surface area contributed by atoms with E-state index in [-0.39, 0.29) is 0 Å². The summed E-state index contributed by atoms with van der Waals surface area (Å²) in [6.45, 7) is 3.33. The molecule has 1 fully saturated rings. The monoisotopic (exact) mass is 360 g/mol. The molecule has 2 atom stereocenters. The predicted molar refractivity (Wildman–Crippen MR) is 91.3 cm³/mol. The Hall–Kier alpha value is 0.290. The van der Waals surface area contributed by atoms with Gasteiger partial charge in [-0.1, -0.05) is 6.92 Å². The molecule has 106 valence electrons. The van der Waals surface area contributed by atoms with Crippen molar-refractivity contribution in [2.24, 2.45) is 0 Å². The van der Waals surface area contributed by atoms with E-state index in [4.69, 9.17) is 0 Å². The molecule has 19 heavy (non-hydrogen) atoms. The van der Waals surface area contributed by atoms with Crippen molar-refractivity contribution in [3.63, 3.8) is 0 Å². The minimum absolute atomic E-state index is 0.548. The highest BCUT2D eigenvalue weighted by Gasteiger charge is 2.24. The topological polar surface area (TPSA) is 24.9 Å². The molecular weight excluding hydrogens is 340 g/mol. The van der Waals surface area contributed by atoms with Gasteiger partial charge in [0.25, 0.3) is 0 Å². The highest BCUT2D eigenvalue weighted by atomic mass is 79.9. The molecule has 2 rings (SSSR count). The maximum Gasteiger partial charge on any atom is 0.0420 e. The molecule has 0 amide bonds. The first-order valence-corrected chi connectivity index (χ1v) is 9.82. The zero-order valence-corrected chi connectivity index (χ0v) is 14.5. The minimum Gasteiger partial charge on any atom is -0.312 e. The second-order valence-electron chi connectivity index (χ2n) is 4.72. The van der Waals surface area contributed by atoms with Gasteiger partial charge in [0.05, 0.1) is 0 Å². The van der Waals surface area contributed by atoms with Gasteiger partial charge >= 0.3 is 0 Å². The van der Waals surface area contributed by atoms with E-state index in [0.717, 1.165) is 22.7 Å². The van der Waals surface area contributed by atoms with Crippen molar-refractivity contribution in [3.8, 4) is 0 Å². The summed E-state index contributed by atoms with van der Waals surface area (Å²) in [6, 6.07) is 4.76. The van der Waals surface area contributed by atoms with Crippen LogP contribution in [-0.2, 0) is 6.42 Å². The summed E-state index contributed by atoms with van der Waals surface area (Å²) in [5.41, 5.74) is 1.19. The fraction of sp³-hybridized carbons (Fsp3) is 0.643. The number of thioether (sulfide) groups is 2. The molecule has 0 aliphatic carbocycles. The number of hydrogen-bond acceptors (Lipinski definition) is 4. The van der Waals surface area contributed by atoms with Crippen molar-refractivity contribution in [1.82, 2.24) is 10.3 Å². The zero-order chi connectivity index (χ0) is 13.5. The molecule has 0 saturated carbocycles. The molecule has 0 spiro atoms. The highest BCUT2D eigenvalue weighted by Crippen LogP contribution is 2.27. The van der Waals surface area contributed by atoms with Gasteiger partial charge in [-0.2, -0.15) is 23.5 Å². The summed E-state index contributed by atoms with van der Waals surface area (Å²) in [5.74, 6) is 3.86. The molecule has 1 aliphatic rings. The largest absolute Gasteiger partial charge is 0.312 e. The van der Waals surface area contributed by atoms with Crippen LogP contribution in [-0.4, -0.2) is 40.1 Å². The van der Waals surface area contributed by atoms with Crippen molar-refractivity contribution in [2.45, 2.75) is 31.1 Å². The van der Waals surface area contributed by atoms with E-state index in [1.165, 1.54) is 29.4 Å². The first-order valence-electron chi connectivity index (χ1n) is 6.82. The zero-order valence-electron chi connectivity index (χ0n) is 11.3. The van der Waals surface area contributed by atoms with Crippen LogP contribution in [0.3, 0.4) is 0 Å². The van der Waals surface area contributed by atoms with Crippen LogP contribution in [0.1, 0.15) is 19.0 Å². The fourth-order valence-corrected chi connectivity index (χ4v) is 5.28. The molecule has 1 aromatic heterocycles. The second kappa shape index (κ2) is 8.55. The van der Waals surface area contributed by atoms with Crippen molar-refractivity contribution in [1.29, 1.82) is 0 Å². The van der Waals surface area contributed by atoms with Gasteiger partial charge in [0.1, 0.15) is 0 Å².